The normalized spacial score (nSPS) is 9.69. The Morgan fingerprint density at radius 3 is 1.94 bits per heavy atom. The summed E-state index contributed by atoms with van der Waals surface area (Å²) in [7, 11) is -0.990. The molecule has 16 heavy (non-hydrogen) atoms. The van der Waals surface area contributed by atoms with Crippen LogP contribution in [0.1, 0.15) is 0 Å². The van der Waals surface area contributed by atoms with Gasteiger partial charge in [0.2, 0.25) is 15.8 Å². The third-order valence-corrected chi connectivity index (χ3v) is 1.48. The lowest BCUT2D eigenvalue weighted by atomic mass is 10.3. The number of diazo groups is 1. The van der Waals surface area contributed by atoms with Gasteiger partial charge in [0.15, 0.2) is 4.98 Å². The Bertz CT molecular complexity index is 453. The second-order valence-corrected chi connectivity index (χ2v) is 3.79. The van der Waals surface area contributed by atoms with Gasteiger partial charge >= 0.3 is 5.69 Å². The molecule has 0 bridgehead atoms. The van der Waals surface area contributed by atoms with Crippen molar-refractivity contribution < 1.29 is 17.5 Å². The lowest BCUT2D eigenvalue weighted by molar-refractivity contribution is 0.366. The monoisotopic (exact) mass is 245 g/mol. The molecule has 0 amide bonds. The summed E-state index contributed by atoms with van der Waals surface area (Å²) in [6, 6.07) is 7.31. The number of anilines is 1. The highest BCUT2D eigenvalue weighted by molar-refractivity contribution is 7.79. The van der Waals surface area contributed by atoms with E-state index in [1.54, 1.807) is 12.1 Å². The SMILES string of the molecule is CN(C)c1ccc([N+]#N)cc1.O=S(=O)([O-])O. The van der Waals surface area contributed by atoms with Crippen molar-refractivity contribution >= 4 is 21.8 Å². The van der Waals surface area contributed by atoms with Gasteiger partial charge in [-0.15, -0.1) is 0 Å². The third kappa shape index (κ3) is 7.69. The molecule has 0 unspecified atom stereocenters. The third-order valence-electron chi connectivity index (χ3n) is 1.48. The van der Waals surface area contributed by atoms with E-state index in [1.165, 1.54) is 0 Å². The van der Waals surface area contributed by atoms with Crippen molar-refractivity contribution in [1.82, 2.24) is 0 Å². The molecule has 0 radical (unpaired) electrons. The summed E-state index contributed by atoms with van der Waals surface area (Å²) in [6.45, 7) is 0. The van der Waals surface area contributed by atoms with Crippen LogP contribution in [0.2, 0.25) is 0 Å². The number of hydrogen-bond acceptors (Lipinski definition) is 5. The fourth-order valence-electron chi connectivity index (χ4n) is 0.817. The predicted octanol–water partition coefficient (Wildman–Crippen LogP) is 1.24. The summed E-state index contributed by atoms with van der Waals surface area (Å²) in [6.07, 6.45) is 0. The first-order valence-electron chi connectivity index (χ1n) is 4.05. The number of benzene rings is 1. The van der Waals surface area contributed by atoms with Crippen molar-refractivity contribution in [2.24, 2.45) is 0 Å². The molecule has 0 saturated carbocycles. The fraction of sp³-hybridized carbons (Fsp3) is 0.250. The zero-order valence-corrected chi connectivity index (χ0v) is 9.55. The van der Waals surface area contributed by atoms with Gasteiger partial charge in [0.05, 0.1) is 0 Å². The van der Waals surface area contributed by atoms with Gasteiger partial charge in [-0.25, -0.2) is 8.42 Å². The predicted molar refractivity (Wildman–Crippen MR) is 57.8 cm³/mol. The first-order chi connectivity index (χ1) is 7.24. The summed E-state index contributed by atoms with van der Waals surface area (Å²) in [5.41, 5.74) is 1.67. The van der Waals surface area contributed by atoms with Crippen LogP contribution in [0.25, 0.3) is 4.98 Å². The van der Waals surface area contributed by atoms with Gasteiger partial charge in [0.1, 0.15) is 0 Å². The maximum Gasteiger partial charge on any atom is 0.385 e. The second kappa shape index (κ2) is 6.02. The minimum absolute atomic E-state index is 0.579. The van der Waals surface area contributed by atoms with Crippen LogP contribution in [-0.2, 0) is 10.4 Å². The van der Waals surface area contributed by atoms with Crippen molar-refractivity contribution in [2.45, 2.75) is 0 Å². The van der Waals surface area contributed by atoms with E-state index < -0.39 is 10.4 Å². The van der Waals surface area contributed by atoms with E-state index >= 15 is 0 Å². The molecule has 1 rings (SSSR count). The van der Waals surface area contributed by atoms with E-state index in [-0.39, 0.29) is 0 Å². The Kier molecular flexibility index (Phi) is 5.38. The smallest absolute Gasteiger partial charge is 0.385 e. The maximum atomic E-state index is 8.63. The lowest BCUT2D eigenvalue weighted by Crippen LogP contribution is -2.07. The van der Waals surface area contributed by atoms with Gasteiger partial charge in [-0.3, -0.25) is 4.55 Å². The molecule has 0 aliphatic heterocycles. The van der Waals surface area contributed by atoms with E-state index in [0.29, 0.717) is 5.69 Å². The van der Waals surface area contributed by atoms with E-state index in [0.717, 1.165) is 5.69 Å². The summed E-state index contributed by atoms with van der Waals surface area (Å²) in [5.74, 6) is 0. The largest absolute Gasteiger partial charge is 0.726 e. The molecule has 7 nitrogen and oxygen atoms in total. The second-order valence-electron chi connectivity index (χ2n) is 2.94. The first kappa shape index (κ1) is 14.3. The summed E-state index contributed by atoms with van der Waals surface area (Å²) < 4.78 is 32.8. The number of rotatable bonds is 1. The zero-order chi connectivity index (χ0) is 12.8. The topological polar surface area (TPSA) is 109 Å². The Balaban J connectivity index is 0.000000385. The average molecular weight is 245 g/mol. The summed E-state index contributed by atoms with van der Waals surface area (Å²) in [4.78, 5) is 5.04. The van der Waals surface area contributed by atoms with E-state index in [1.807, 2.05) is 31.1 Å². The van der Waals surface area contributed by atoms with Gasteiger partial charge in [0.25, 0.3) is 0 Å². The summed E-state index contributed by atoms with van der Waals surface area (Å²) >= 11 is 0. The highest BCUT2D eigenvalue weighted by Crippen LogP contribution is 2.17. The van der Waals surface area contributed by atoms with Crippen molar-refractivity contribution in [3.63, 3.8) is 0 Å². The highest BCUT2D eigenvalue weighted by atomic mass is 32.3. The molecular formula is C8H11N3O4S. The van der Waals surface area contributed by atoms with Crippen molar-refractivity contribution in [1.29, 1.82) is 5.39 Å². The maximum absolute atomic E-state index is 8.63. The van der Waals surface area contributed by atoms with Crippen LogP contribution in [0.15, 0.2) is 24.3 Å². The molecule has 1 N–H and O–H groups in total. The van der Waals surface area contributed by atoms with Crippen LogP contribution in [-0.4, -0.2) is 31.6 Å². The van der Waals surface area contributed by atoms with Gasteiger partial charge in [-0.1, -0.05) is 0 Å². The van der Waals surface area contributed by atoms with Gasteiger partial charge in [0, 0.05) is 31.9 Å². The van der Waals surface area contributed by atoms with E-state index in [4.69, 9.17) is 22.9 Å². The molecule has 0 saturated heterocycles. The quantitative estimate of drug-likeness (QED) is 0.453. The standard InChI is InChI=1S/C8H10N3.H2O4S/c1-11(2)8-5-3-7(10-9)4-6-8;1-5(2,3)4/h3-6H,1-2H3;(H2,1,2,3,4)/q+1;/p-1. The molecule has 0 aromatic heterocycles. The van der Waals surface area contributed by atoms with Gasteiger partial charge in [-0.05, 0) is 12.1 Å². The van der Waals surface area contributed by atoms with Crippen molar-refractivity contribution in [2.75, 3.05) is 19.0 Å². The molecule has 0 aliphatic rings. The molecule has 0 heterocycles. The van der Waals surface area contributed by atoms with Gasteiger partial charge < -0.3 is 9.45 Å². The Morgan fingerprint density at radius 1 is 1.31 bits per heavy atom. The van der Waals surface area contributed by atoms with Crippen LogP contribution < -0.4 is 4.90 Å². The summed E-state index contributed by atoms with van der Waals surface area (Å²) in [5, 5.41) is 8.38. The zero-order valence-electron chi connectivity index (χ0n) is 8.73. The Labute approximate surface area is 93.5 Å². The van der Waals surface area contributed by atoms with Crippen LogP contribution in [0, 0.1) is 5.39 Å². The molecule has 0 atom stereocenters. The molecule has 0 fully saturated rings. The molecule has 0 aliphatic carbocycles. The van der Waals surface area contributed by atoms with Crippen molar-refractivity contribution in [3.8, 4) is 0 Å². The van der Waals surface area contributed by atoms with Crippen LogP contribution in [0.4, 0.5) is 11.4 Å². The van der Waals surface area contributed by atoms with Crippen LogP contribution >= 0.6 is 0 Å². The number of nitrogens with zero attached hydrogens (tertiary/aromatic N) is 3. The molecular weight excluding hydrogens is 234 g/mol. The minimum atomic E-state index is -4.92. The van der Waals surface area contributed by atoms with Crippen LogP contribution in [0.3, 0.4) is 0 Å². The Morgan fingerprint density at radius 2 is 1.69 bits per heavy atom. The minimum Gasteiger partial charge on any atom is -0.726 e. The first-order valence-corrected chi connectivity index (χ1v) is 5.41. The molecule has 0 spiro atoms. The lowest BCUT2D eigenvalue weighted by Gasteiger charge is -2.09. The Hall–Kier alpha value is -1.69. The molecule has 88 valence electrons. The van der Waals surface area contributed by atoms with Crippen molar-refractivity contribution in [3.05, 3.63) is 29.2 Å². The molecule has 8 heteroatoms. The number of hydrogen-bond donors (Lipinski definition) is 1. The van der Waals surface area contributed by atoms with E-state index in [9.17, 15) is 0 Å². The van der Waals surface area contributed by atoms with Crippen LogP contribution in [0.5, 0.6) is 0 Å². The van der Waals surface area contributed by atoms with Gasteiger partial charge in [-0.2, -0.15) is 0 Å². The average Bonchev–Trinajstić information content (AvgIpc) is 2.15. The molecule has 1 aromatic rings. The highest BCUT2D eigenvalue weighted by Gasteiger charge is 2.02. The molecule has 1 aromatic carbocycles. The fourth-order valence-corrected chi connectivity index (χ4v) is 0.817. The van der Waals surface area contributed by atoms with E-state index in [2.05, 4.69) is 4.98 Å².